The number of fused-ring (bicyclic) bond motifs is 1. The molecule has 1 aliphatic heterocycles. The molecule has 1 aromatic carbocycles. The highest BCUT2D eigenvalue weighted by Crippen LogP contribution is 2.37. The van der Waals surface area contributed by atoms with Gasteiger partial charge in [-0.15, -0.1) is 11.3 Å². The summed E-state index contributed by atoms with van der Waals surface area (Å²) < 4.78 is 5.51. The van der Waals surface area contributed by atoms with Crippen LogP contribution in [0.1, 0.15) is 74.9 Å². The Hall–Kier alpha value is -2.18. The average molecular weight is 485 g/mol. The van der Waals surface area contributed by atoms with E-state index in [0.29, 0.717) is 26.3 Å². The molecule has 0 saturated heterocycles. The van der Waals surface area contributed by atoms with E-state index in [-0.39, 0.29) is 30.3 Å². The summed E-state index contributed by atoms with van der Waals surface area (Å²) in [6, 6.07) is 12.3. The molecule has 2 amide bonds. The van der Waals surface area contributed by atoms with Crippen molar-refractivity contribution in [2.45, 2.75) is 65.3 Å². The van der Waals surface area contributed by atoms with Crippen LogP contribution >= 0.6 is 11.3 Å². The van der Waals surface area contributed by atoms with Crippen molar-refractivity contribution in [3.63, 3.8) is 0 Å². The van der Waals surface area contributed by atoms with Crippen molar-refractivity contribution >= 4 is 23.2 Å². The van der Waals surface area contributed by atoms with Crippen LogP contribution in [0.4, 0.5) is 0 Å². The van der Waals surface area contributed by atoms with Gasteiger partial charge in [-0.1, -0.05) is 57.0 Å². The Morgan fingerprint density at radius 1 is 1.15 bits per heavy atom. The minimum atomic E-state index is -0.0915. The minimum absolute atomic E-state index is 0.0189. The quantitative estimate of drug-likeness (QED) is 0.343. The highest BCUT2D eigenvalue weighted by Gasteiger charge is 2.34. The first-order valence-corrected chi connectivity index (χ1v) is 13.8. The van der Waals surface area contributed by atoms with Gasteiger partial charge in [-0.05, 0) is 55.2 Å². The molecule has 0 saturated carbocycles. The second-order valence-corrected chi connectivity index (χ2v) is 10.0. The van der Waals surface area contributed by atoms with Gasteiger partial charge in [0.2, 0.25) is 11.8 Å². The highest BCUT2D eigenvalue weighted by atomic mass is 32.1. The van der Waals surface area contributed by atoms with E-state index in [9.17, 15) is 9.59 Å². The monoisotopic (exact) mass is 484 g/mol. The van der Waals surface area contributed by atoms with Gasteiger partial charge in [-0.3, -0.25) is 9.59 Å². The molecule has 2 aromatic rings. The summed E-state index contributed by atoms with van der Waals surface area (Å²) in [7, 11) is 0. The number of benzene rings is 1. The third kappa shape index (κ3) is 6.70. The number of unbranched alkanes of at least 4 members (excludes halogenated alkanes) is 1. The normalized spacial score (nSPS) is 16.2. The number of rotatable bonds is 13. The number of hydrogen-bond donors (Lipinski definition) is 0. The molecule has 34 heavy (non-hydrogen) atoms. The first-order chi connectivity index (χ1) is 16.6. The van der Waals surface area contributed by atoms with Crippen molar-refractivity contribution in [2.75, 3.05) is 32.8 Å². The van der Waals surface area contributed by atoms with E-state index in [2.05, 4.69) is 37.4 Å². The predicted octanol–water partition coefficient (Wildman–Crippen LogP) is 5.69. The van der Waals surface area contributed by atoms with Crippen LogP contribution in [-0.2, 0) is 20.7 Å². The smallest absolute Gasteiger partial charge is 0.242 e. The molecule has 0 N–H and O–H groups in total. The summed E-state index contributed by atoms with van der Waals surface area (Å²) in [5.74, 6) is 0.126. The van der Waals surface area contributed by atoms with Crippen molar-refractivity contribution in [1.82, 2.24) is 9.80 Å². The number of nitrogens with zero attached hydrogens (tertiary/aromatic N) is 2. The van der Waals surface area contributed by atoms with Gasteiger partial charge in [-0.2, -0.15) is 0 Å². The SMILES string of the molecule is CCCC[C@@H](CC)C(=O)N(CCCOCC)CC(=O)N1CCc2sccc2[C@H]1c1ccccc1. The van der Waals surface area contributed by atoms with E-state index in [1.54, 1.807) is 16.2 Å². The molecule has 0 radical (unpaired) electrons. The Morgan fingerprint density at radius 3 is 2.65 bits per heavy atom. The molecule has 5 nitrogen and oxygen atoms in total. The lowest BCUT2D eigenvalue weighted by molar-refractivity contribution is -0.144. The number of amides is 2. The molecule has 2 heterocycles. The van der Waals surface area contributed by atoms with Crippen LogP contribution in [-0.4, -0.2) is 54.5 Å². The second-order valence-electron chi connectivity index (χ2n) is 9.01. The molecule has 3 rings (SSSR count). The van der Waals surface area contributed by atoms with Crippen molar-refractivity contribution in [1.29, 1.82) is 0 Å². The lowest BCUT2D eigenvalue weighted by Crippen LogP contribution is -2.48. The molecule has 2 atom stereocenters. The van der Waals surface area contributed by atoms with Gasteiger partial charge in [0.25, 0.3) is 0 Å². The summed E-state index contributed by atoms with van der Waals surface area (Å²) in [6.45, 7) is 8.84. The third-order valence-corrected chi connectivity index (χ3v) is 7.70. The zero-order valence-electron chi connectivity index (χ0n) is 21.0. The molecule has 0 fully saturated rings. The maximum atomic E-state index is 13.7. The van der Waals surface area contributed by atoms with E-state index in [4.69, 9.17) is 4.74 Å². The molecular formula is C28H40N2O3S. The molecule has 0 spiro atoms. The number of carbonyl (C=O) groups excluding carboxylic acids is 2. The van der Waals surface area contributed by atoms with Gasteiger partial charge < -0.3 is 14.5 Å². The Labute approximate surface area is 209 Å². The largest absolute Gasteiger partial charge is 0.382 e. The highest BCUT2D eigenvalue weighted by molar-refractivity contribution is 7.10. The predicted molar refractivity (Wildman–Crippen MR) is 139 cm³/mol. The summed E-state index contributed by atoms with van der Waals surface area (Å²) >= 11 is 1.77. The third-order valence-electron chi connectivity index (χ3n) is 6.71. The fraction of sp³-hybridized carbons (Fsp3) is 0.571. The minimum Gasteiger partial charge on any atom is -0.382 e. The fourth-order valence-corrected chi connectivity index (χ4v) is 5.72. The molecule has 0 bridgehead atoms. The van der Waals surface area contributed by atoms with E-state index < -0.39 is 0 Å². The Morgan fingerprint density at radius 2 is 1.94 bits per heavy atom. The zero-order chi connectivity index (χ0) is 24.3. The Kier molecular flexibility index (Phi) is 10.6. The lowest BCUT2D eigenvalue weighted by atomic mass is 9.93. The summed E-state index contributed by atoms with van der Waals surface area (Å²) in [4.78, 5) is 32.4. The van der Waals surface area contributed by atoms with Crippen LogP contribution in [0.2, 0.25) is 0 Å². The van der Waals surface area contributed by atoms with Crippen molar-refractivity contribution < 1.29 is 14.3 Å². The van der Waals surface area contributed by atoms with E-state index in [1.165, 1.54) is 10.4 Å². The van der Waals surface area contributed by atoms with Gasteiger partial charge in [-0.25, -0.2) is 0 Å². The fourth-order valence-electron chi connectivity index (χ4n) is 4.81. The average Bonchev–Trinajstić information content (AvgIpc) is 3.35. The molecule has 0 unspecified atom stereocenters. The Balaban J connectivity index is 1.80. The molecule has 186 valence electrons. The topological polar surface area (TPSA) is 49.9 Å². The maximum Gasteiger partial charge on any atom is 0.242 e. The standard InChI is InChI=1S/C28H40N2O3S/c1-4-7-12-22(5-2)28(32)29(17-11-19-33-6-3)21-26(31)30-18-15-25-24(16-20-34-25)27(30)23-13-9-8-10-14-23/h8-10,13-14,16,20,22,27H,4-7,11-12,15,17-19,21H2,1-3H3/t22-,27-/m1/s1. The van der Waals surface area contributed by atoms with Crippen LogP contribution in [0, 0.1) is 5.92 Å². The zero-order valence-corrected chi connectivity index (χ0v) is 21.8. The lowest BCUT2D eigenvalue weighted by Gasteiger charge is -2.38. The Bertz CT molecular complexity index is 898. The molecule has 1 aliphatic rings. The number of thiophene rings is 1. The summed E-state index contributed by atoms with van der Waals surface area (Å²) in [5.41, 5.74) is 2.35. The van der Waals surface area contributed by atoms with Gasteiger partial charge in [0.15, 0.2) is 0 Å². The van der Waals surface area contributed by atoms with Crippen molar-refractivity contribution in [2.24, 2.45) is 5.92 Å². The second kappa shape index (κ2) is 13.6. The van der Waals surface area contributed by atoms with E-state index in [0.717, 1.165) is 44.1 Å². The van der Waals surface area contributed by atoms with Crippen LogP contribution in [0.5, 0.6) is 0 Å². The maximum absolute atomic E-state index is 13.7. The van der Waals surface area contributed by atoms with Gasteiger partial charge in [0.05, 0.1) is 12.6 Å². The first-order valence-electron chi connectivity index (χ1n) is 12.9. The molecule has 1 aromatic heterocycles. The van der Waals surface area contributed by atoms with Crippen molar-refractivity contribution in [3.05, 3.63) is 57.8 Å². The summed E-state index contributed by atoms with van der Waals surface area (Å²) in [5, 5.41) is 2.12. The van der Waals surface area contributed by atoms with E-state index in [1.807, 2.05) is 30.0 Å². The van der Waals surface area contributed by atoms with Gasteiger partial charge in [0.1, 0.15) is 0 Å². The van der Waals surface area contributed by atoms with Crippen LogP contribution < -0.4 is 0 Å². The van der Waals surface area contributed by atoms with Crippen LogP contribution in [0.3, 0.4) is 0 Å². The molecule has 6 heteroatoms. The number of carbonyl (C=O) groups is 2. The molecule has 0 aliphatic carbocycles. The van der Waals surface area contributed by atoms with E-state index >= 15 is 0 Å². The van der Waals surface area contributed by atoms with Gasteiger partial charge in [0, 0.05) is 37.1 Å². The molecular weight excluding hydrogens is 444 g/mol. The summed E-state index contributed by atoms with van der Waals surface area (Å²) in [6.07, 6.45) is 5.42. The van der Waals surface area contributed by atoms with Crippen molar-refractivity contribution in [3.8, 4) is 0 Å². The first kappa shape index (κ1) is 26.4. The van der Waals surface area contributed by atoms with Gasteiger partial charge >= 0.3 is 0 Å². The van der Waals surface area contributed by atoms with Crippen LogP contribution in [0.15, 0.2) is 41.8 Å². The number of ether oxygens (including phenoxy) is 1. The number of hydrogen-bond acceptors (Lipinski definition) is 4. The van der Waals surface area contributed by atoms with Crippen LogP contribution in [0.25, 0.3) is 0 Å².